The van der Waals surface area contributed by atoms with Crippen LogP contribution in [-0.4, -0.2) is 69.4 Å². The van der Waals surface area contributed by atoms with Gasteiger partial charge in [-0.3, -0.25) is 14.2 Å². The Morgan fingerprint density at radius 3 is 1.11 bits per heavy atom. The van der Waals surface area contributed by atoms with Gasteiger partial charge < -0.3 is 28.5 Å². The molecule has 0 bridgehead atoms. The third kappa shape index (κ3) is 66.0. The van der Waals surface area contributed by atoms with Crippen molar-refractivity contribution in [2.24, 2.45) is 0 Å². The number of phosphoric ester groups is 1. The Kier molecular flexibility index (Phi) is 62.9. The van der Waals surface area contributed by atoms with Crippen LogP contribution in [0.2, 0.25) is 0 Å². The largest absolute Gasteiger partial charge is 0.756 e. The molecular formula is C75H141N2O7P. The van der Waals surface area contributed by atoms with Crippen LogP contribution >= 0.6 is 7.82 Å². The number of phosphoric acid groups is 1. The van der Waals surface area contributed by atoms with E-state index in [1.807, 2.05) is 33.3 Å². The maximum absolute atomic E-state index is 13.6. The fraction of sp³-hybridized carbons (Fsp3) is 0.840. The number of allylic oxidation sites excluding steroid dienone is 9. The molecule has 0 spiro atoms. The highest BCUT2D eigenvalue weighted by Gasteiger charge is 2.27. The molecule has 85 heavy (non-hydrogen) atoms. The van der Waals surface area contributed by atoms with Gasteiger partial charge in [0.1, 0.15) is 19.3 Å². The summed E-state index contributed by atoms with van der Waals surface area (Å²) in [4.78, 5) is 40.2. The van der Waals surface area contributed by atoms with Crippen LogP contribution in [0.15, 0.2) is 60.8 Å². The smallest absolute Gasteiger partial charge is 0.306 e. The molecule has 0 radical (unpaired) electrons. The van der Waals surface area contributed by atoms with Crippen molar-refractivity contribution in [2.75, 3.05) is 40.9 Å². The van der Waals surface area contributed by atoms with Gasteiger partial charge in [0, 0.05) is 12.8 Å². The van der Waals surface area contributed by atoms with E-state index in [2.05, 4.69) is 74.7 Å². The molecule has 0 heterocycles. The third-order valence-electron chi connectivity index (χ3n) is 16.4. The van der Waals surface area contributed by atoms with Crippen LogP contribution in [-0.2, 0) is 27.9 Å². The molecular weight excluding hydrogens is 1070 g/mol. The molecule has 9 nitrogen and oxygen atoms in total. The van der Waals surface area contributed by atoms with Crippen LogP contribution in [0.1, 0.15) is 355 Å². The van der Waals surface area contributed by atoms with Gasteiger partial charge in [-0.05, 0) is 96.0 Å². The summed E-state index contributed by atoms with van der Waals surface area (Å²) in [7, 11) is 1.19. The van der Waals surface area contributed by atoms with E-state index in [1.165, 1.54) is 244 Å². The van der Waals surface area contributed by atoms with Gasteiger partial charge in [-0.2, -0.15) is 0 Å². The predicted molar refractivity (Wildman–Crippen MR) is 367 cm³/mol. The summed E-state index contributed by atoms with van der Waals surface area (Å²) in [5.74, 6) is -0.532. The number of amides is 1. The first-order valence-electron chi connectivity index (χ1n) is 36.6. The molecule has 0 aromatic heterocycles. The number of likely N-dealkylation sites (N-methyl/N-ethyl adjacent to an activating group) is 1. The minimum absolute atomic E-state index is 0.0228. The summed E-state index contributed by atoms with van der Waals surface area (Å²) < 4.78 is 30.5. The lowest BCUT2D eigenvalue weighted by Crippen LogP contribution is -2.47. The average molecular weight is 1210 g/mol. The molecule has 0 fully saturated rings. The number of carbonyl (C=O) groups excluding carboxylic acids is 2. The lowest BCUT2D eigenvalue weighted by atomic mass is 10.0. The molecule has 0 aliphatic rings. The normalized spacial score (nSPS) is 13.8. The Balaban J connectivity index is 4.98. The van der Waals surface area contributed by atoms with E-state index >= 15 is 0 Å². The van der Waals surface area contributed by atoms with Crippen molar-refractivity contribution in [3.05, 3.63) is 60.8 Å². The maximum atomic E-state index is 13.6. The second-order valence-electron chi connectivity index (χ2n) is 26.1. The summed E-state index contributed by atoms with van der Waals surface area (Å²) in [6.45, 7) is 6.85. The first-order chi connectivity index (χ1) is 41.4. The lowest BCUT2D eigenvalue weighted by molar-refractivity contribution is -0.870. The maximum Gasteiger partial charge on any atom is 0.306 e. The van der Waals surface area contributed by atoms with E-state index in [9.17, 15) is 19.0 Å². The van der Waals surface area contributed by atoms with Gasteiger partial charge in [0.2, 0.25) is 5.91 Å². The third-order valence-corrected chi connectivity index (χ3v) is 17.4. The number of hydrogen-bond donors (Lipinski definition) is 1. The molecule has 3 unspecified atom stereocenters. The minimum Gasteiger partial charge on any atom is -0.756 e. The molecule has 3 atom stereocenters. The van der Waals surface area contributed by atoms with Crippen molar-refractivity contribution in [3.8, 4) is 0 Å². The second kappa shape index (κ2) is 64.7. The monoisotopic (exact) mass is 1210 g/mol. The predicted octanol–water partition coefficient (Wildman–Crippen LogP) is 22.7. The van der Waals surface area contributed by atoms with E-state index in [1.54, 1.807) is 0 Å². The summed E-state index contributed by atoms with van der Waals surface area (Å²) in [6, 6.07) is -0.891. The molecule has 0 aliphatic carbocycles. The van der Waals surface area contributed by atoms with Gasteiger partial charge in [-0.1, -0.05) is 307 Å². The lowest BCUT2D eigenvalue weighted by Gasteiger charge is -2.30. The summed E-state index contributed by atoms with van der Waals surface area (Å²) in [5, 5.41) is 3.04. The molecule has 0 saturated heterocycles. The van der Waals surface area contributed by atoms with Crippen molar-refractivity contribution < 1.29 is 37.3 Å². The Morgan fingerprint density at radius 2 is 0.718 bits per heavy atom. The zero-order valence-electron chi connectivity index (χ0n) is 57.1. The fourth-order valence-electron chi connectivity index (χ4n) is 10.8. The molecule has 0 saturated carbocycles. The molecule has 1 N–H and O–H groups in total. The van der Waals surface area contributed by atoms with E-state index in [-0.39, 0.29) is 31.5 Å². The van der Waals surface area contributed by atoms with Gasteiger partial charge in [0.15, 0.2) is 0 Å². The van der Waals surface area contributed by atoms with E-state index in [0.717, 1.165) is 77.0 Å². The number of rotatable bonds is 67. The number of ether oxygens (including phenoxy) is 1. The number of carbonyl (C=O) groups is 2. The quantitative estimate of drug-likeness (QED) is 0.0212. The summed E-state index contributed by atoms with van der Waals surface area (Å²) in [5.41, 5.74) is 0. The van der Waals surface area contributed by atoms with Crippen molar-refractivity contribution >= 4 is 19.7 Å². The van der Waals surface area contributed by atoms with Crippen LogP contribution in [0.5, 0.6) is 0 Å². The molecule has 0 aromatic carbocycles. The van der Waals surface area contributed by atoms with Gasteiger partial charge >= 0.3 is 5.97 Å². The van der Waals surface area contributed by atoms with Crippen LogP contribution in [0, 0.1) is 0 Å². The molecule has 0 rings (SSSR count). The summed E-state index contributed by atoms with van der Waals surface area (Å²) in [6.07, 6.45) is 83.5. The van der Waals surface area contributed by atoms with Crippen LogP contribution in [0.3, 0.4) is 0 Å². The van der Waals surface area contributed by atoms with Crippen LogP contribution in [0.4, 0.5) is 0 Å². The van der Waals surface area contributed by atoms with E-state index in [4.69, 9.17) is 13.8 Å². The van der Waals surface area contributed by atoms with Gasteiger partial charge in [0.05, 0.1) is 33.8 Å². The Hall–Kier alpha value is -2.29. The van der Waals surface area contributed by atoms with Crippen LogP contribution < -0.4 is 10.2 Å². The number of unbranched alkanes of at least 4 members (excludes halogenated alkanes) is 43. The SMILES string of the molecule is CCCCC/C=C\C/C=C\C/C=C\CCCCCCCCCCCCC(=O)NC(COP(=O)([O-])OCC[N+](C)(C)C)C(/C=C/CCCCCCCCCCC)OC(=O)CCCCCCCCCCCCCCCCC/C=C/CCCCCCCC. The number of hydrogen-bond acceptors (Lipinski definition) is 7. The van der Waals surface area contributed by atoms with Crippen molar-refractivity contribution in [1.82, 2.24) is 5.32 Å². The number of nitrogens with zero attached hydrogens (tertiary/aromatic N) is 1. The number of nitrogens with one attached hydrogen (secondary N) is 1. The first kappa shape index (κ1) is 82.7. The zero-order chi connectivity index (χ0) is 62.1. The highest BCUT2D eigenvalue weighted by atomic mass is 31.2. The molecule has 10 heteroatoms. The zero-order valence-corrected chi connectivity index (χ0v) is 58.0. The first-order valence-corrected chi connectivity index (χ1v) is 38.1. The highest BCUT2D eigenvalue weighted by molar-refractivity contribution is 7.45. The van der Waals surface area contributed by atoms with Crippen molar-refractivity contribution in [3.63, 3.8) is 0 Å². The Labute approximate surface area is 528 Å². The fourth-order valence-corrected chi connectivity index (χ4v) is 11.5. The average Bonchev–Trinajstić information content (AvgIpc) is 3.62. The van der Waals surface area contributed by atoms with Gasteiger partial charge in [0.25, 0.3) is 7.82 Å². The minimum atomic E-state index is -4.70. The second-order valence-corrected chi connectivity index (χ2v) is 27.5. The molecule has 498 valence electrons. The standard InChI is InChI=1S/C75H141N2O7P/c1-7-10-13-16-19-22-25-27-29-31-33-35-37-38-40-42-44-46-48-50-53-56-59-62-65-68-75(79)84-73(66-63-60-57-54-51-24-21-18-15-12-9-3)72(71-83-85(80,81)82-70-69-77(4,5)6)76-74(78)67-64-61-58-55-52-49-47-45-43-41-39-36-34-32-30-28-26-23-20-17-14-11-8-2/h20,23,27-30,34,36,63,66,72-73H,7-19,21-22,24-26,31-33,35,37-62,64-65,67-71H2,1-6H3,(H-,76,78,80,81)/b23-20-,29-27+,30-28-,36-34-,66-63+. The Bertz CT molecular complexity index is 1640. The number of quaternary nitrogens is 1. The Morgan fingerprint density at radius 1 is 0.412 bits per heavy atom. The van der Waals surface area contributed by atoms with Gasteiger partial charge in [-0.25, -0.2) is 0 Å². The number of esters is 1. The molecule has 1 amide bonds. The summed E-state index contributed by atoms with van der Waals surface area (Å²) >= 11 is 0. The van der Waals surface area contributed by atoms with Gasteiger partial charge in [-0.15, -0.1) is 0 Å². The van der Waals surface area contributed by atoms with E-state index < -0.39 is 20.0 Å². The highest BCUT2D eigenvalue weighted by Crippen LogP contribution is 2.38. The van der Waals surface area contributed by atoms with E-state index in [0.29, 0.717) is 17.4 Å². The topological polar surface area (TPSA) is 114 Å². The molecule has 0 aliphatic heterocycles. The molecule has 0 aromatic rings. The van der Waals surface area contributed by atoms with Crippen LogP contribution in [0.25, 0.3) is 0 Å². The van der Waals surface area contributed by atoms with Crippen molar-refractivity contribution in [1.29, 1.82) is 0 Å². The van der Waals surface area contributed by atoms with Crippen molar-refractivity contribution in [2.45, 2.75) is 367 Å².